The van der Waals surface area contributed by atoms with Gasteiger partial charge in [0.25, 0.3) is 5.91 Å². The van der Waals surface area contributed by atoms with Gasteiger partial charge in [-0.25, -0.2) is 22.9 Å². The quantitative estimate of drug-likeness (QED) is 0.225. The minimum absolute atomic E-state index is 0.00329. The molecule has 0 saturated carbocycles. The Morgan fingerprint density at radius 3 is 2.62 bits per heavy atom. The van der Waals surface area contributed by atoms with Crippen LogP contribution in [0.5, 0.6) is 5.75 Å². The maximum atomic E-state index is 15.1. The van der Waals surface area contributed by atoms with Crippen LogP contribution in [0.2, 0.25) is 0 Å². The molecular formula is C29H33F5N6O4S. The molecule has 0 radical (unpaired) electrons. The van der Waals surface area contributed by atoms with E-state index in [9.17, 15) is 30.8 Å². The first-order chi connectivity index (χ1) is 21.2. The van der Waals surface area contributed by atoms with E-state index in [-0.39, 0.29) is 58.2 Å². The van der Waals surface area contributed by atoms with Gasteiger partial charge in [0.1, 0.15) is 24.0 Å². The molecule has 3 atom stereocenters. The van der Waals surface area contributed by atoms with Crippen LogP contribution in [-0.4, -0.2) is 87.1 Å². The number of likely N-dealkylation sites (tertiary alicyclic amines) is 1. The smallest absolute Gasteiger partial charge is 0.406 e. The molecule has 0 aliphatic carbocycles. The van der Waals surface area contributed by atoms with Crippen LogP contribution in [0.1, 0.15) is 29.3 Å². The molecule has 244 valence electrons. The van der Waals surface area contributed by atoms with E-state index >= 15 is 4.39 Å². The maximum Gasteiger partial charge on any atom is 0.406 e. The molecule has 4 N–H and O–H groups in total. The summed E-state index contributed by atoms with van der Waals surface area (Å²) in [5, 5.41) is 10.8. The van der Waals surface area contributed by atoms with E-state index in [1.807, 2.05) is 0 Å². The number of aromatic nitrogens is 2. The number of alkyl halides is 5. The first kappa shape index (κ1) is 33.9. The highest BCUT2D eigenvalue weighted by molar-refractivity contribution is 7.89. The van der Waals surface area contributed by atoms with Crippen molar-refractivity contribution in [2.24, 2.45) is 11.1 Å². The summed E-state index contributed by atoms with van der Waals surface area (Å²) in [6, 6.07) is 5.85. The zero-order valence-corrected chi connectivity index (χ0v) is 25.3. The Balaban J connectivity index is 1.59. The Morgan fingerprint density at radius 1 is 1.22 bits per heavy atom. The number of sulfonamides is 1. The molecule has 2 heterocycles. The third kappa shape index (κ3) is 8.62. The van der Waals surface area contributed by atoms with Gasteiger partial charge in [0.15, 0.2) is 0 Å². The number of nitrogens with zero attached hydrogens (tertiary/aromatic N) is 3. The third-order valence-corrected chi connectivity index (χ3v) is 8.22. The Labute approximate surface area is 257 Å². The average molecular weight is 657 g/mol. The molecule has 0 unspecified atom stereocenters. The molecule has 16 heteroatoms. The summed E-state index contributed by atoms with van der Waals surface area (Å²) < 4.78 is 96.9. The van der Waals surface area contributed by atoms with E-state index < -0.39 is 47.5 Å². The monoisotopic (exact) mass is 656 g/mol. The number of fused-ring (bicyclic) bond motifs is 1. The molecule has 4 rings (SSSR count). The summed E-state index contributed by atoms with van der Waals surface area (Å²) in [6.45, 7) is 0.749. The Hall–Kier alpha value is -3.94. The lowest BCUT2D eigenvalue weighted by Crippen LogP contribution is -2.57. The topological polar surface area (TPSA) is 132 Å². The predicted molar refractivity (Wildman–Crippen MR) is 158 cm³/mol. The van der Waals surface area contributed by atoms with E-state index in [0.717, 1.165) is 10.9 Å². The number of carbonyl (C=O) groups is 1. The Morgan fingerprint density at radius 2 is 1.98 bits per heavy atom. The van der Waals surface area contributed by atoms with Gasteiger partial charge >= 0.3 is 6.18 Å². The number of benzene rings is 2. The molecule has 1 amide bonds. The van der Waals surface area contributed by atoms with Crippen molar-refractivity contribution < 1.29 is 39.9 Å². The number of ether oxygens (including phenoxy) is 1. The van der Waals surface area contributed by atoms with Crippen molar-refractivity contribution in [3.63, 3.8) is 0 Å². The second kappa shape index (κ2) is 14.0. The summed E-state index contributed by atoms with van der Waals surface area (Å²) in [7, 11) is -2.62. The molecule has 1 fully saturated rings. The maximum absolute atomic E-state index is 15.1. The minimum Gasteiger partial charge on any atom is -0.495 e. The molecule has 10 nitrogen and oxygen atoms in total. The third-order valence-electron chi connectivity index (χ3n) is 7.31. The van der Waals surface area contributed by atoms with Gasteiger partial charge < -0.3 is 19.9 Å². The van der Waals surface area contributed by atoms with Crippen molar-refractivity contribution in [3.05, 3.63) is 47.8 Å². The van der Waals surface area contributed by atoms with Crippen LogP contribution in [-0.2, 0) is 16.6 Å². The van der Waals surface area contributed by atoms with Gasteiger partial charge in [-0.2, -0.15) is 13.2 Å². The lowest BCUT2D eigenvalue weighted by Gasteiger charge is -2.39. The van der Waals surface area contributed by atoms with Crippen LogP contribution in [0.25, 0.3) is 11.0 Å². The van der Waals surface area contributed by atoms with Gasteiger partial charge in [0, 0.05) is 31.3 Å². The number of nitrogens with one attached hydrogen (secondary N) is 2. The van der Waals surface area contributed by atoms with E-state index in [1.165, 1.54) is 37.4 Å². The number of primary sulfonamides is 1. The van der Waals surface area contributed by atoms with Gasteiger partial charge in [-0.15, -0.1) is 0 Å². The zero-order chi connectivity index (χ0) is 32.9. The van der Waals surface area contributed by atoms with E-state index in [0.29, 0.717) is 18.8 Å². The molecule has 1 aliphatic rings. The van der Waals surface area contributed by atoms with E-state index in [2.05, 4.69) is 27.5 Å². The largest absolute Gasteiger partial charge is 0.495 e. The van der Waals surface area contributed by atoms with Crippen LogP contribution in [0.3, 0.4) is 0 Å². The van der Waals surface area contributed by atoms with E-state index in [4.69, 9.17) is 9.88 Å². The fourth-order valence-electron chi connectivity index (χ4n) is 5.25. The number of carbonyl (C=O) groups excluding carboxylic acids is 1. The number of anilines is 1. The lowest BCUT2D eigenvalue weighted by molar-refractivity contribution is -0.139. The molecule has 1 aliphatic heterocycles. The Bertz CT molecular complexity index is 1690. The minimum atomic E-state index is -4.56. The van der Waals surface area contributed by atoms with Crippen molar-refractivity contribution in [1.82, 2.24) is 19.8 Å². The van der Waals surface area contributed by atoms with Gasteiger partial charge in [0.05, 0.1) is 54.4 Å². The van der Waals surface area contributed by atoms with Crippen LogP contribution in [0.15, 0.2) is 41.6 Å². The number of methoxy groups -OCH3 is 1. The lowest BCUT2D eigenvalue weighted by atomic mass is 9.91. The predicted octanol–water partition coefficient (Wildman–Crippen LogP) is 3.47. The van der Waals surface area contributed by atoms with Gasteiger partial charge in [-0.3, -0.25) is 14.1 Å². The summed E-state index contributed by atoms with van der Waals surface area (Å²) in [5.41, 5.74) is 0.571. The summed E-state index contributed by atoms with van der Waals surface area (Å²) in [5.74, 6) is 4.79. The molecule has 1 aromatic heterocycles. The molecule has 0 spiro atoms. The molecule has 45 heavy (non-hydrogen) atoms. The van der Waals surface area contributed by atoms with Crippen molar-refractivity contribution in [2.75, 3.05) is 45.3 Å². The van der Waals surface area contributed by atoms with Crippen LogP contribution < -0.4 is 20.5 Å². The fourth-order valence-corrected chi connectivity index (χ4v) is 5.78. The number of rotatable bonds is 10. The summed E-state index contributed by atoms with van der Waals surface area (Å²) in [4.78, 5) is 19.2. The normalized spacial score (nSPS) is 19.2. The number of imidazole rings is 1. The van der Waals surface area contributed by atoms with Crippen molar-refractivity contribution >= 4 is 32.7 Å². The van der Waals surface area contributed by atoms with Crippen LogP contribution in [0, 0.1) is 17.8 Å². The molecule has 1 saturated heterocycles. The van der Waals surface area contributed by atoms with E-state index in [1.54, 1.807) is 11.8 Å². The standard InChI is InChI=1S/C29H33F5N6O4S/c1-18-14-39(10-4-8-30)15-22(31)26(18)38-28(41)21-11-19(12-24-27(21)37-17-40(24)16-29(32,33)34)5-3-9-36-23-7-6-20(45(35,42)43)13-25(23)44-2/h6-7,11-13,17-18,22,26,36H,4,8-10,14-16H2,1-2H3,(H,38,41)(H2,35,42,43)/t18-,22-,26+/m0/s1. The molecular weight excluding hydrogens is 623 g/mol. The SMILES string of the molecule is COc1cc(S(N)(=O)=O)ccc1NCC#Cc1cc(C(=O)N[C@@H]2[C@@H](C)CN(CCCF)C[C@@H]2F)c2ncn(CC(F)(F)F)c2c1. The molecule has 0 bridgehead atoms. The number of nitrogens with two attached hydrogens (primary N) is 1. The Kier molecular flexibility index (Phi) is 10.6. The highest BCUT2D eigenvalue weighted by Gasteiger charge is 2.36. The average Bonchev–Trinajstić information content (AvgIpc) is 3.35. The first-order valence-electron chi connectivity index (χ1n) is 13.9. The highest BCUT2D eigenvalue weighted by Crippen LogP contribution is 2.28. The number of piperidine rings is 1. The summed E-state index contributed by atoms with van der Waals surface area (Å²) in [6.07, 6.45) is -4.75. The first-order valence-corrected chi connectivity index (χ1v) is 15.5. The van der Waals surface area contributed by atoms with Gasteiger partial charge in [-0.1, -0.05) is 18.8 Å². The number of hydrogen-bond donors (Lipinski definition) is 3. The van der Waals surface area contributed by atoms with Crippen molar-refractivity contribution in [2.45, 2.75) is 43.2 Å². The van der Waals surface area contributed by atoms with Crippen molar-refractivity contribution in [1.29, 1.82) is 0 Å². The number of amides is 1. The number of halogens is 5. The fraction of sp³-hybridized carbons (Fsp3) is 0.448. The van der Waals surface area contributed by atoms with Crippen molar-refractivity contribution in [3.8, 4) is 17.6 Å². The zero-order valence-electron chi connectivity index (χ0n) is 24.5. The highest BCUT2D eigenvalue weighted by atomic mass is 32.2. The van der Waals surface area contributed by atoms with Crippen LogP contribution >= 0.6 is 0 Å². The summed E-state index contributed by atoms with van der Waals surface area (Å²) >= 11 is 0. The molecule has 3 aromatic rings. The number of hydrogen-bond acceptors (Lipinski definition) is 7. The van der Waals surface area contributed by atoms with Gasteiger partial charge in [-0.05, 0) is 36.6 Å². The molecule has 2 aromatic carbocycles. The van der Waals surface area contributed by atoms with Crippen LogP contribution in [0.4, 0.5) is 27.6 Å². The second-order valence-corrected chi connectivity index (χ2v) is 12.3. The van der Waals surface area contributed by atoms with Gasteiger partial charge in [0.2, 0.25) is 10.0 Å². The second-order valence-electron chi connectivity index (χ2n) is 10.7.